The van der Waals surface area contributed by atoms with Crippen LogP contribution in [0.2, 0.25) is 0 Å². The van der Waals surface area contributed by atoms with Gasteiger partial charge >= 0.3 is 0 Å². The first kappa shape index (κ1) is 11.9. The van der Waals surface area contributed by atoms with E-state index in [4.69, 9.17) is 0 Å². The minimum absolute atomic E-state index is 0.602. The third-order valence-electron chi connectivity index (χ3n) is 3.19. The van der Waals surface area contributed by atoms with E-state index in [-0.39, 0.29) is 0 Å². The molecule has 1 fully saturated rings. The Bertz CT molecular complexity index is 350. The molecule has 1 saturated heterocycles. The van der Waals surface area contributed by atoms with Crippen molar-refractivity contribution in [3.05, 3.63) is 17.0 Å². The Hall–Kier alpha value is -0.610. The van der Waals surface area contributed by atoms with Crippen LogP contribution >= 0.6 is 11.8 Å². The van der Waals surface area contributed by atoms with Crippen LogP contribution in [0, 0.1) is 13.8 Å². The summed E-state index contributed by atoms with van der Waals surface area (Å²) in [7, 11) is 0. The molecule has 0 aliphatic carbocycles. The van der Waals surface area contributed by atoms with E-state index in [9.17, 15) is 0 Å². The summed E-state index contributed by atoms with van der Waals surface area (Å²) in [5.41, 5.74) is 3.68. The van der Waals surface area contributed by atoms with Crippen LogP contribution in [0.3, 0.4) is 0 Å². The number of thioether (sulfide) groups is 1. The van der Waals surface area contributed by atoms with E-state index in [1.807, 2.05) is 6.26 Å². The van der Waals surface area contributed by atoms with Gasteiger partial charge in [-0.25, -0.2) is 9.97 Å². The molecule has 2 heterocycles. The van der Waals surface area contributed by atoms with Gasteiger partial charge in [0, 0.05) is 17.9 Å². The molecule has 0 aromatic carbocycles. The van der Waals surface area contributed by atoms with Crippen LogP contribution in [0.15, 0.2) is 5.16 Å². The van der Waals surface area contributed by atoms with Crippen molar-refractivity contribution in [1.29, 1.82) is 0 Å². The third kappa shape index (κ3) is 2.38. The summed E-state index contributed by atoms with van der Waals surface area (Å²) in [5.74, 6) is 0.602. The lowest BCUT2D eigenvalue weighted by Gasteiger charge is -2.25. The zero-order valence-electron chi connectivity index (χ0n) is 10.2. The molecule has 1 aromatic rings. The molecule has 2 rings (SSSR count). The van der Waals surface area contributed by atoms with Gasteiger partial charge in [0.1, 0.15) is 0 Å². The van der Waals surface area contributed by atoms with Gasteiger partial charge in [-0.15, -0.1) is 0 Å². The van der Waals surface area contributed by atoms with Gasteiger partial charge in [0.2, 0.25) is 0 Å². The van der Waals surface area contributed by atoms with Crippen molar-refractivity contribution >= 4 is 11.8 Å². The fraction of sp³-hybridized carbons (Fsp3) is 0.667. The molecule has 1 N–H and O–H groups in total. The Kier molecular flexibility index (Phi) is 3.82. The first-order valence-corrected chi connectivity index (χ1v) is 7.04. The van der Waals surface area contributed by atoms with Crippen LogP contribution in [0.1, 0.15) is 35.7 Å². The SMILES string of the molecule is CSc1nc(C)c(C2CCCNC2)c(C)n1. The zero-order chi connectivity index (χ0) is 11.5. The average molecular weight is 237 g/mol. The second-order valence-corrected chi connectivity index (χ2v) is 5.11. The van der Waals surface area contributed by atoms with E-state index >= 15 is 0 Å². The van der Waals surface area contributed by atoms with Gasteiger partial charge in [0.25, 0.3) is 0 Å². The molecular formula is C12H19N3S. The molecule has 0 amide bonds. The number of rotatable bonds is 2. The molecule has 0 saturated carbocycles. The summed E-state index contributed by atoms with van der Waals surface area (Å²) in [6.07, 6.45) is 4.54. The largest absolute Gasteiger partial charge is 0.316 e. The van der Waals surface area contributed by atoms with Gasteiger partial charge in [-0.05, 0) is 51.0 Å². The molecule has 0 radical (unpaired) electrons. The summed E-state index contributed by atoms with van der Waals surface area (Å²) in [4.78, 5) is 9.10. The number of hydrogen-bond donors (Lipinski definition) is 1. The van der Waals surface area contributed by atoms with Gasteiger partial charge in [-0.2, -0.15) is 0 Å². The van der Waals surface area contributed by atoms with Gasteiger partial charge in [-0.3, -0.25) is 0 Å². The first-order valence-electron chi connectivity index (χ1n) is 5.82. The number of nitrogens with zero attached hydrogens (tertiary/aromatic N) is 2. The van der Waals surface area contributed by atoms with Gasteiger partial charge in [0.05, 0.1) is 0 Å². The molecule has 1 unspecified atom stereocenters. The van der Waals surface area contributed by atoms with Crippen LogP contribution in [-0.4, -0.2) is 29.3 Å². The minimum Gasteiger partial charge on any atom is -0.316 e. The fourth-order valence-electron chi connectivity index (χ4n) is 2.47. The number of aryl methyl sites for hydroxylation is 2. The van der Waals surface area contributed by atoms with E-state index in [0.717, 1.165) is 29.6 Å². The molecule has 3 nitrogen and oxygen atoms in total. The highest BCUT2D eigenvalue weighted by Gasteiger charge is 2.20. The van der Waals surface area contributed by atoms with Gasteiger partial charge in [-0.1, -0.05) is 11.8 Å². The monoisotopic (exact) mass is 237 g/mol. The Balaban J connectivity index is 2.32. The summed E-state index contributed by atoms with van der Waals surface area (Å²) >= 11 is 1.61. The number of hydrogen-bond acceptors (Lipinski definition) is 4. The molecule has 4 heteroatoms. The van der Waals surface area contributed by atoms with E-state index in [1.165, 1.54) is 18.4 Å². The quantitative estimate of drug-likeness (QED) is 0.632. The highest BCUT2D eigenvalue weighted by molar-refractivity contribution is 7.98. The van der Waals surface area contributed by atoms with Crippen LogP contribution in [0.25, 0.3) is 0 Å². The maximum absolute atomic E-state index is 4.55. The predicted molar refractivity (Wildman–Crippen MR) is 68.1 cm³/mol. The Labute approximate surface area is 101 Å². The van der Waals surface area contributed by atoms with E-state index in [0.29, 0.717) is 5.92 Å². The molecule has 1 aliphatic rings. The smallest absolute Gasteiger partial charge is 0.187 e. The summed E-state index contributed by atoms with van der Waals surface area (Å²) in [6.45, 7) is 6.44. The van der Waals surface area contributed by atoms with Crippen LogP contribution in [0.4, 0.5) is 0 Å². The van der Waals surface area contributed by atoms with Crippen molar-refractivity contribution in [1.82, 2.24) is 15.3 Å². The molecule has 88 valence electrons. The van der Waals surface area contributed by atoms with Gasteiger partial charge < -0.3 is 5.32 Å². The van der Waals surface area contributed by atoms with E-state index in [1.54, 1.807) is 11.8 Å². The third-order valence-corrected chi connectivity index (χ3v) is 3.74. The lowest BCUT2D eigenvalue weighted by Crippen LogP contribution is -2.29. The Morgan fingerprint density at radius 1 is 1.25 bits per heavy atom. The van der Waals surface area contributed by atoms with Crippen molar-refractivity contribution in [2.24, 2.45) is 0 Å². The first-order chi connectivity index (χ1) is 7.72. The molecule has 1 atom stereocenters. The van der Waals surface area contributed by atoms with Crippen molar-refractivity contribution in [3.63, 3.8) is 0 Å². The number of aromatic nitrogens is 2. The Morgan fingerprint density at radius 3 is 2.44 bits per heavy atom. The van der Waals surface area contributed by atoms with Crippen molar-refractivity contribution in [3.8, 4) is 0 Å². The van der Waals surface area contributed by atoms with Crippen molar-refractivity contribution in [2.45, 2.75) is 37.8 Å². The molecule has 1 aromatic heterocycles. The fourth-order valence-corrected chi connectivity index (χ4v) is 2.93. The minimum atomic E-state index is 0.602. The number of nitrogens with one attached hydrogen (secondary N) is 1. The highest BCUT2D eigenvalue weighted by Crippen LogP contribution is 2.28. The van der Waals surface area contributed by atoms with Crippen LogP contribution < -0.4 is 5.32 Å². The van der Waals surface area contributed by atoms with E-state index in [2.05, 4.69) is 29.1 Å². The van der Waals surface area contributed by atoms with Crippen molar-refractivity contribution < 1.29 is 0 Å². The van der Waals surface area contributed by atoms with E-state index < -0.39 is 0 Å². The predicted octanol–water partition coefficient (Wildman–Crippen LogP) is 2.28. The Morgan fingerprint density at radius 2 is 1.94 bits per heavy atom. The highest BCUT2D eigenvalue weighted by atomic mass is 32.2. The van der Waals surface area contributed by atoms with Crippen LogP contribution in [0.5, 0.6) is 0 Å². The maximum atomic E-state index is 4.55. The average Bonchev–Trinajstić information content (AvgIpc) is 2.29. The lowest BCUT2D eigenvalue weighted by molar-refractivity contribution is 0.455. The van der Waals surface area contributed by atoms with Gasteiger partial charge in [0.15, 0.2) is 5.16 Å². The molecule has 16 heavy (non-hydrogen) atoms. The lowest BCUT2D eigenvalue weighted by atomic mass is 9.90. The van der Waals surface area contributed by atoms with Crippen LogP contribution in [-0.2, 0) is 0 Å². The second-order valence-electron chi connectivity index (χ2n) is 4.34. The zero-order valence-corrected chi connectivity index (χ0v) is 11.0. The molecular weight excluding hydrogens is 218 g/mol. The summed E-state index contributed by atoms with van der Waals surface area (Å²) in [5, 5.41) is 4.35. The molecule has 1 aliphatic heterocycles. The number of piperidine rings is 1. The molecule has 0 spiro atoms. The van der Waals surface area contributed by atoms with Crippen molar-refractivity contribution in [2.75, 3.05) is 19.3 Å². The summed E-state index contributed by atoms with van der Waals surface area (Å²) in [6, 6.07) is 0. The topological polar surface area (TPSA) is 37.8 Å². The second kappa shape index (κ2) is 5.15. The standard InChI is InChI=1S/C12H19N3S/c1-8-11(10-5-4-6-13-7-10)9(2)15-12(14-8)16-3/h10,13H,4-7H2,1-3H3. The maximum Gasteiger partial charge on any atom is 0.187 e. The summed E-state index contributed by atoms with van der Waals surface area (Å²) < 4.78 is 0. The normalized spacial score (nSPS) is 21.1. The molecule has 0 bridgehead atoms.